The van der Waals surface area contributed by atoms with Crippen LogP contribution in [0.2, 0.25) is 0 Å². The first kappa shape index (κ1) is 29.7. The van der Waals surface area contributed by atoms with Gasteiger partial charge in [-0.2, -0.15) is 5.26 Å². The highest BCUT2D eigenvalue weighted by Gasteiger charge is 2.16. The number of para-hydroxylation sites is 2. The minimum absolute atomic E-state index is 0.665. The molecule has 0 unspecified atom stereocenters. The fraction of sp³-hybridized carbons (Fsp3) is 0. The standard InChI is InChI=1S/C49H31N3/c50-32-33-9-8-12-37(29-33)36-19-25-41(26-20-36)52-47-16-7-5-14-43(47)45-31-39(22-28-49(45)52)38-21-27-48-44(30-38)42-13-4-6-15-46(42)51(48)40-23-17-35(18-24-40)34-10-2-1-3-11-34/h1-31H. The second-order valence-corrected chi connectivity index (χ2v) is 13.3. The van der Waals surface area contributed by atoms with Crippen LogP contribution < -0.4 is 0 Å². The Morgan fingerprint density at radius 3 is 1.25 bits per heavy atom. The van der Waals surface area contributed by atoms with Crippen LogP contribution in [0, 0.1) is 11.3 Å². The molecule has 0 aliphatic heterocycles. The summed E-state index contributed by atoms with van der Waals surface area (Å²) in [7, 11) is 0. The molecule has 0 fully saturated rings. The Balaban J connectivity index is 1.07. The van der Waals surface area contributed by atoms with Gasteiger partial charge in [-0.1, -0.05) is 115 Å². The number of rotatable bonds is 5. The lowest BCUT2D eigenvalue weighted by atomic mass is 10.0. The molecule has 0 atom stereocenters. The molecule has 0 saturated carbocycles. The van der Waals surface area contributed by atoms with Crippen LogP contribution in [0.15, 0.2) is 188 Å². The van der Waals surface area contributed by atoms with Crippen LogP contribution >= 0.6 is 0 Å². The Morgan fingerprint density at radius 1 is 0.308 bits per heavy atom. The average molecular weight is 662 g/mol. The lowest BCUT2D eigenvalue weighted by Gasteiger charge is -2.11. The summed E-state index contributed by atoms with van der Waals surface area (Å²) in [6, 6.07) is 69.2. The van der Waals surface area contributed by atoms with Crippen LogP contribution in [-0.2, 0) is 0 Å². The molecule has 52 heavy (non-hydrogen) atoms. The summed E-state index contributed by atoms with van der Waals surface area (Å²) in [5.74, 6) is 0. The van der Waals surface area contributed by atoms with Crippen molar-refractivity contribution in [2.45, 2.75) is 0 Å². The van der Waals surface area contributed by atoms with Crippen molar-refractivity contribution < 1.29 is 0 Å². The van der Waals surface area contributed by atoms with Crippen molar-refractivity contribution in [2.75, 3.05) is 0 Å². The molecule has 2 aromatic heterocycles. The lowest BCUT2D eigenvalue weighted by molar-refractivity contribution is 1.18. The number of aromatic nitrogens is 2. The predicted octanol–water partition coefficient (Wildman–Crippen LogP) is 12.8. The Bertz CT molecular complexity index is 2990. The Hall–Kier alpha value is -7.15. The number of nitriles is 1. The van der Waals surface area contributed by atoms with Gasteiger partial charge >= 0.3 is 0 Å². The number of hydrogen-bond donors (Lipinski definition) is 0. The lowest BCUT2D eigenvalue weighted by Crippen LogP contribution is -1.94. The van der Waals surface area contributed by atoms with Crippen molar-refractivity contribution in [2.24, 2.45) is 0 Å². The first-order valence-electron chi connectivity index (χ1n) is 17.6. The van der Waals surface area contributed by atoms with Gasteiger partial charge in [0.25, 0.3) is 0 Å². The summed E-state index contributed by atoms with van der Waals surface area (Å²) >= 11 is 0. The Labute approximate surface area is 301 Å². The van der Waals surface area contributed by atoms with Crippen molar-refractivity contribution in [3.63, 3.8) is 0 Å². The topological polar surface area (TPSA) is 33.6 Å². The highest BCUT2D eigenvalue weighted by molar-refractivity contribution is 6.12. The maximum Gasteiger partial charge on any atom is 0.0991 e. The summed E-state index contributed by atoms with van der Waals surface area (Å²) in [5.41, 5.74) is 14.6. The monoisotopic (exact) mass is 661 g/mol. The quantitative estimate of drug-likeness (QED) is 0.181. The van der Waals surface area contributed by atoms with E-state index in [1.165, 1.54) is 65.9 Å². The summed E-state index contributed by atoms with van der Waals surface area (Å²) in [6.07, 6.45) is 0. The van der Waals surface area contributed by atoms with Gasteiger partial charge in [-0.3, -0.25) is 0 Å². The average Bonchev–Trinajstić information content (AvgIpc) is 3.73. The van der Waals surface area contributed by atoms with Gasteiger partial charge in [-0.15, -0.1) is 0 Å². The second kappa shape index (κ2) is 12.0. The molecular formula is C49H31N3. The summed E-state index contributed by atoms with van der Waals surface area (Å²) in [6.45, 7) is 0. The van der Waals surface area contributed by atoms with Crippen molar-refractivity contribution in [3.05, 3.63) is 194 Å². The number of nitrogens with zero attached hydrogens (tertiary/aromatic N) is 3. The first-order chi connectivity index (χ1) is 25.7. The largest absolute Gasteiger partial charge is 0.309 e. The highest BCUT2D eigenvalue weighted by atomic mass is 15.0. The Kier molecular flexibility index (Phi) is 6.87. The van der Waals surface area contributed by atoms with Crippen LogP contribution in [0.5, 0.6) is 0 Å². The van der Waals surface area contributed by atoms with E-state index in [-0.39, 0.29) is 0 Å². The van der Waals surface area contributed by atoms with Gasteiger partial charge in [0.05, 0.1) is 33.7 Å². The van der Waals surface area contributed by atoms with Crippen LogP contribution in [0.1, 0.15) is 5.56 Å². The van der Waals surface area contributed by atoms with Crippen LogP contribution in [-0.4, -0.2) is 9.13 Å². The minimum atomic E-state index is 0.665. The smallest absolute Gasteiger partial charge is 0.0991 e. The van der Waals surface area contributed by atoms with E-state index in [0.717, 1.165) is 22.5 Å². The molecule has 3 heteroatoms. The molecule has 0 N–H and O–H groups in total. The minimum Gasteiger partial charge on any atom is -0.309 e. The molecule has 2 heterocycles. The van der Waals surface area contributed by atoms with E-state index in [9.17, 15) is 5.26 Å². The third-order valence-electron chi connectivity index (χ3n) is 10.4. The molecule has 0 spiro atoms. The van der Waals surface area contributed by atoms with Crippen molar-refractivity contribution >= 4 is 43.6 Å². The van der Waals surface area contributed by atoms with Gasteiger partial charge in [0, 0.05) is 32.9 Å². The van der Waals surface area contributed by atoms with E-state index in [2.05, 4.69) is 185 Å². The molecule has 0 amide bonds. The van der Waals surface area contributed by atoms with Gasteiger partial charge < -0.3 is 9.13 Å². The Morgan fingerprint density at radius 2 is 0.712 bits per heavy atom. The molecule has 8 aromatic carbocycles. The molecule has 0 aliphatic carbocycles. The molecule has 10 aromatic rings. The van der Waals surface area contributed by atoms with Crippen LogP contribution in [0.25, 0.3) is 88.4 Å². The van der Waals surface area contributed by atoms with Crippen LogP contribution in [0.3, 0.4) is 0 Å². The zero-order valence-corrected chi connectivity index (χ0v) is 28.2. The first-order valence-corrected chi connectivity index (χ1v) is 17.6. The van der Waals surface area contributed by atoms with Gasteiger partial charge in [0.15, 0.2) is 0 Å². The summed E-state index contributed by atoms with van der Waals surface area (Å²) in [5, 5.41) is 14.3. The highest BCUT2D eigenvalue weighted by Crippen LogP contribution is 2.38. The number of fused-ring (bicyclic) bond motifs is 6. The number of hydrogen-bond acceptors (Lipinski definition) is 1. The van der Waals surface area contributed by atoms with E-state index in [1.54, 1.807) is 0 Å². The molecule has 10 rings (SSSR count). The van der Waals surface area contributed by atoms with E-state index >= 15 is 0 Å². The zero-order valence-electron chi connectivity index (χ0n) is 28.2. The molecular weight excluding hydrogens is 631 g/mol. The van der Waals surface area contributed by atoms with E-state index in [0.29, 0.717) is 5.56 Å². The third-order valence-corrected chi connectivity index (χ3v) is 10.4. The third kappa shape index (κ3) is 4.81. The van der Waals surface area contributed by atoms with E-state index < -0.39 is 0 Å². The normalized spacial score (nSPS) is 11.4. The van der Waals surface area contributed by atoms with Gasteiger partial charge in [-0.05, 0) is 106 Å². The maximum atomic E-state index is 9.39. The molecule has 0 aliphatic rings. The summed E-state index contributed by atoms with van der Waals surface area (Å²) in [4.78, 5) is 0. The van der Waals surface area contributed by atoms with Gasteiger partial charge in [0.1, 0.15) is 0 Å². The molecule has 0 bridgehead atoms. The molecule has 242 valence electrons. The predicted molar refractivity (Wildman–Crippen MR) is 216 cm³/mol. The second-order valence-electron chi connectivity index (χ2n) is 13.3. The van der Waals surface area contributed by atoms with Gasteiger partial charge in [-0.25, -0.2) is 0 Å². The fourth-order valence-corrected chi connectivity index (χ4v) is 7.87. The summed E-state index contributed by atoms with van der Waals surface area (Å²) < 4.78 is 4.73. The van der Waals surface area contributed by atoms with E-state index in [1.807, 2.05) is 18.2 Å². The van der Waals surface area contributed by atoms with Crippen molar-refractivity contribution in [3.8, 4) is 50.8 Å². The van der Waals surface area contributed by atoms with Crippen molar-refractivity contribution in [1.82, 2.24) is 9.13 Å². The molecule has 0 saturated heterocycles. The van der Waals surface area contributed by atoms with Crippen molar-refractivity contribution in [1.29, 1.82) is 5.26 Å². The molecule has 3 nitrogen and oxygen atoms in total. The number of benzene rings is 8. The van der Waals surface area contributed by atoms with Crippen LogP contribution in [0.4, 0.5) is 0 Å². The molecule has 0 radical (unpaired) electrons. The fourth-order valence-electron chi connectivity index (χ4n) is 7.87. The zero-order chi connectivity index (χ0) is 34.6. The van der Waals surface area contributed by atoms with E-state index in [4.69, 9.17) is 0 Å². The maximum absolute atomic E-state index is 9.39. The van der Waals surface area contributed by atoms with Gasteiger partial charge in [0.2, 0.25) is 0 Å². The SMILES string of the molecule is N#Cc1cccc(-c2ccc(-n3c4ccccc4c4cc(-c5ccc6c(c5)c5ccccc5n6-c5ccc(-c6ccccc6)cc5)ccc43)cc2)c1.